The summed E-state index contributed by atoms with van der Waals surface area (Å²) in [6, 6.07) is 1.78. The lowest BCUT2D eigenvalue weighted by molar-refractivity contribution is 0.102. The van der Waals surface area contributed by atoms with Crippen LogP contribution in [0.1, 0.15) is 29.5 Å². The Hall–Kier alpha value is -1.21. The van der Waals surface area contributed by atoms with E-state index in [1.165, 1.54) is 7.11 Å². The lowest BCUT2D eigenvalue weighted by Gasteiger charge is -2.08. The molecule has 0 unspecified atom stereocenters. The van der Waals surface area contributed by atoms with Crippen LogP contribution in [0.15, 0.2) is 27.4 Å². The summed E-state index contributed by atoms with van der Waals surface area (Å²) in [4.78, 5) is 16.8. The molecule has 0 N–H and O–H groups in total. The number of aromatic nitrogens is 3. The predicted molar refractivity (Wildman–Crippen MR) is 82.1 cm³/mol. The van der Waals surface area contributed by atoms with Crippen molar-refractivity contribution in [3.63, 3.8) is 0 Å². The highest BCUT2D eigenvalue weighted by molar-refractivity contribution is 9.11. The summed E-state index contributed by atoms with van der Waals surface area (Å²) < 4.78 is 8.30. The molecule has 2 aromatic rings. The van der Waals surface area contributed by atoms with Gasteiger partial charge in [-0.3, -0.25) is 14.5 Å². The van der Waals surface area contributed by atoms with Crippen LogP contribution in [-0.2, 0) is 6.54 Å². The molecule has 0 fully saturated rings. The van der Waals surface area contributed by atoms with Crippen LogP contribution in [0.25, 0.3) is 0 Å². The first-order chi connectivity index (χ1) is 9.58. The summed E-state index contributed by atoms with van der Waals surface area (Å²) in [5, 5.41) is 4.19. The van der Waals surface area contributed by atoms with Crippen molar-refractivity contribution >= 4 is 37.6 Å². The first-order valence-electron chi connectivity index (χ1n) is 6.04. The van der Waals surface area contributed by atoms with Crippen molar-refractivity contribution in [1.29, 1.82) is 0 Å². The minimum atomic E-state index is -0.216. The summed E-state index contributed by atoms with van der Waals surface area (Å²) in [7, 11) is 1.52. The Morgan fingerprint density at radius 2 is 2.15 bits per heavy atom. The van der Waals surface area contributed by atoms with E-state index in [0.29, 0.717) is 28.2 Å². The minimum absolute atomic E-state index is 0.216. The Bertz CT molecular complexity index is 641. The van der Waals surface area contributed by atoms with Crippen molar-refractivity contribution < 1.29 is 9.53 Å². The molecule has 0 aromatic carbocycles. The number of aryl methyl sites for hydroxylation is 1. The van der Waals surface area contributed by atoms with Gasteiger partial charge in [0.05, 0.1) is 13.3 Å². The van der Waals surface area contributed by atoms with Gasteiger partial charge >= 0.3 is 0 Å². The molecule has 2 rings (SSSR count). The van der Waals surface area contributed by atoms with Gasteiger partial charge in [0.15, 0.2) is 11.4 Å². The van der Waals surface area contributed by atoms with E-state index in [9.17, 15) is 4.79 Å². The Morgan fingerprint density at radius 3 is 2.75 bits per heavy atom. The SMILES string of the molecule is CCCn1ncc(OC)c1C(=O)c1ncc(Br)cc1Br. The average molecular weight is 403 g/mol. The van der Waals surface area contributed by atoms with Crippen molar-refractivity contribution in [3.8, 4) is 5.75 Å². The molecule has 0 bridgehead atoms. The largest absolute Gasteiger partial charge is 0.493 e. The average Bonchev–Trinajstić information content (AvgIpc) is 2.81. The molecule has 0 aliphatic carbocycles. The Kier molecular flexibility index (Phi) is 4.93. The number of carbonyl (C=O) groups excluding carboxylic acids is 1. The monoisotopic (exact) mass is 401 g/mol. The molecule has 5 nitrogen and oxygen atoms in total. The van der Waals surface area contributed by atoms with E-state index >= 15 is 0 Å². The summed E-state index contributed by atoms with van der Waals surface area (Å²) in [6.07, 6.45) is 4.01. The van der Waals surface area contributed by atoms with Crippen LogP contribution in [0.2, 0.25) is 0 Å². The molecule has 0 atom stereocenters. The van der Waals surface area contributed by atoms with E-state index in [1.807, 2.05) is 6.92 Å². The van der Waals surface area contributed by atoms with Crippen molar-refractivity contribution in [2.24, 2.45) is 0 Å². The molecule has 20 heavy (non-hydrogen) atoms. The minimum Gasteiger partial charge on any atom is -0.493 e. The van der Waals surface area contributed by atoms with E-state index in [2.05, 4.69) is 41.9 Å². The molecule has 2 heterocycles. The molecule has 0 aliphatic rings. The third kappa shape index (κ3) is 2.93. The van der Waals surface area contributed by atoms with Gasteiger partial charge in [0.1, 0.15) is 5.69 Å². The third-order valence-corrected chi connectivity index (χ3v) is 3.74. The second kappa shape index (κ2) is 6.49. The van der Waals surface area contributed by atoms with Crippen molar-refractivity contribution in [2.45, 2.75) is 19.9 Å². The van der Waals surface area contributed by atoms with E-state index < -0.39 is 0 Å². The fraction of sp³-hybridized carbons (Fsp3) is 0.308. The Balaban J connectivity index is 2.49. The van der Waals surface area contributed by atoms with Crippen LogP contribution in [0.5, 0.6) is 5.75 Å². The fourth-order valence-electron chi connectivity index (χ4n) is 1.82. The normalized spacial score (nSPS) is 10.6. The Labute approximate surface area is 133 Å². The van der Waals surface area contributed by atoms with Gasteiger partial charge in [0.2, 0.25) is 5.78 Å². The molecular formula is C13H13Br2N3O2. The maximum atomic E-state index is 12.7. The van der Waals surface area contributed by atoms with Gasteiger partial charge in [0, 0.05) is 21.7 Å². The number of nitrogens with zero attached hydrogens (tertiary/aromatic N) is 3. The first-order valence-corrected chi connectivity index (χ1v) is 7.62. The molecule has 0 radical (unpaired) electrons. The molecule has 0 aliphatic heterocycles. The number of hydrogen-bond acceptors (Lipinski definition) is 4. The van der Waals surface area contributed by atoms with Crippen LogP contribution in [-0.4, -0.2) is 27.7 Å². The van der Waals surface area contributed by atoms with Crippen molar-refractivity contribution in [1.82, 2.24) is 14.8 Å². The molecule has 0 saturated heterocycles. The zero-order chi connectivity index (χ0) is 14.7. The van der Waals surface area contributed by atoms with Crippen LogP contribution in [0, 0.1) is 0 Å². The third-order valence-electron chi connectivity index (χ3n) is 2.70. The van der Waals surface area contributed by atoms with Crippen LogP contribution in [0.4, 0.5) is 0 Å². The number of pyridine rings is 1. The quantitative estimate of drug-likeness (QED) is 0.718. The summed E-state index contributed by atoms with van der Waals surface area (Å²) in [6.45, 7) is 2.68. The number of ether oxygens (including phenoxy) is 1. The van der Waals surface area contributed by atoms with Crippen molar-refractivity contribution in [3.05, 3.63) is 38.8 Å². The molecule has 106 valence electrons. The molecule has 2 aromatic heterocycles. The second-order valence-corrected chi connectivity index (χ2v) is 5.87. The molecular weight excluding hydrogens is 390 g/mol. The van der Waals surface area contributed by atoms with E-state index in [0.717, 1.165) is 10.9 Å². The van der Waals surface area contributed by atoms with Gasteiger partial charge < -0.3 is 4.74 Å². The maximum absolute atomic E-state index is 12.7. The maximum Gasteiger partial charge on any atom is 0.234 e. The molecule has 7 heteroatoms. The number of hydrogen-bond donors (Lipinski definition) is 0. The summed E-state index contributed by atoms with van der Waals surface area (Å²) >= 11 is 6.68. The number of methoxy groups -OCH3 is 1. The molecule has 0 amide bonds. The zero-order valence-electron chi connectivity index (χ0n) is 11.1. The first kappa shape index (κ1) is 15.2. The van der Waals surface area contributed by atoms with Crippen LogP contribution < -0.4 is 4.74 Å². The molecule has 0 spiro atoms. The van der Waals surface area contributed by atoms with Gasteiger partial charge in [-0.2, -0.15) is 5.10 Å². The zero-order valence-corrected chi connectivity index (χ0v) is 14.2. The number of ketones is 1. The summed E-state index contributed by atoms with van der Waals surface area (Å²) in [5.74, 6) is 0.243. The highest BCUT2D eigenvalue weighted by Gasteiger charge is 2.23. The molecule has 0 saturated carbocycles. The smallest absolute Gasteiger partial charge is 0.234 e. The lowest BCUT2D eigenvalue weighted by atomic mass is 10.2. The highest BCUT2D eigenvalue weighted by atomic mass is 79.9. The van der Waals surface area contributed by atoms with E-state index in [4.69, 9.17) is 4.74 Å². The number of rotatable bonds is 5. The second-order valence-electron chi connectivity index (χ2n) is 4.10. The summed E-state index contributed by atoms with van der Waals surface area (Å²) in [5.41, 5.74) is 0.759. The van der Waals surface area contributed by atoms with Crippen LogP contribution >= 0.6 is 31.9 Å². The Morgan fingerprint density at radius 1 is 1.40 bits per heavy atom. The van der Waals surface area contributed by atoms with Gasteiger partial charge in [0.25, 0.3) is 0 Å². The van der Waals surface area contributed by atoms with Crippen molar-refractivity contribution in [2.75, 3.05) is 7.11 Å². The van der Waals surface area contributed by atoms with Gasteiger partial charge in [-0.1, -0.05) is 6.92 Å². The number of carbonyl (C=O) groups is 1. The predicted octanol–water partition coefficient (Wildman–Crippen LogP) is 3.45. The van der Waals surface area contributed by atoms with E-state index in [1.54, 1.807) is 23.1 Å². The standard InChI is InChI=1S/C13H13Br2N3O2/c1-3-4-18-12(10(20-2)7-17-18)13(19)11-9(15)5-8(14)6-16-11/h5-7H,3-4H2,1-2H3. The lowest BCUT2D eigenvalue weighted by Crippen LogP contribution is -2.14. The topological polar surface area (TPSA) is 57.0 Å². The number of halogens is 2. The van der Waals surface area contributed by atoms with Gasteiger partial charge in [-0.15, -0.1) is 0 Å². The highest BCUT2D eigenvalue weighted by Crippen LogP contribution is 2.26. The van der Waals surface area contributed by atoms with Gasteiger partial charge in [-0.25, -0.2) is 0 Å². The van der Waals surface area contributed by atoms with E-state index in [-0.39, 0.29) is 5.78 Å². The van der Waals surface area contributed by atoms with Crippen LogP contribution in [0.3, 0.4) is 0 Å². The fourth-order valence-corrected chi connectivity index (χ4v) is 2.99. The van der Waals surface area contributed by atoms with Gasteiger partial charge in [-0.05, 0) is 44.3 Å².